The maximum atomic E-state index is 14.1. The van der Waals surface area contributed by atoms with Crippen LogP contribution in [0.5, 0.6) is 5.75 Å². The molecule has 2 aromatic rings. The fourth-order valence-electron chi connectivity index (χ4n) is 2.58. The molecule has 166 valence electrons. The van der Waals surface area contributed by atoms with Gasteiger partial charge < -0.3 is 5.11 Å². The van der Waals surface area contributed by atoms with Gasteiger partial charge in [0.15, 0.2) is 23.3 Å². The van der Waals surface area contributed by atoms with Crippen LogP contribution in [0.15, 0.2) is 12.1 Å². The molecule has 1 unspecified atom stereocenters. The molecule has 1 N–H and O–H groups in total. The first-order valence-electron chi connectivity index (χ1n) is 8.70. The zero-order valence-electron chi connectivity index (χ0n) is 17.2. The van der Waals surface area contributed by atoms with Crippen LogP contribution in [-0.2, 0) is 27.9 Å². The van der Waals surface area contributed by atoms with Gasteiger partial charge in [-0.2, -0.15) is 0 Å². The van der Waals surface area contributed by atoms with Gasteiger partial charge >= 0.3 is 35.6 Å². The Morgan fingerprint density at radius 1 is 0.767 bits per heavy atom. The van der Waals surface area contributed by atoms with E-state index in [1.165, 1.54) is 0 Å². The Morgan fingerprint density at radius 3 is 1.53 bits per heavy atom. The van der Waals surface area contributed by atoms with E-state index < -0.39 is 65.4 Å². The van der Waals surface area contributed by atoms with E-state index in [-0.39, 0.29) is 16.5 Å². The number of rotatable bonds is 2. The fourth-order valence-corrected chi connectivity index (χ4v) is 3.77. The number of halogens is 7. The van der Waals surface area contributed by atoms with Gasteiger partial charge in [0.25, 0.3) is 0 Å². The summed E-state index contributed by atoms with van der Waals surface area (Å²) in [4.78, 5) is 0. The summed E-state index contributed by atoms with van der Waals surface area (Å²) in [5, 5.41) is 9.85. The van der Waals surface area contributed by atoms with Gasteiger partial charge in [0.2, 0.25) is 5.82 Å². The van der Waals surface area contributed by atoms with Crippen molar-refractivity contribution in [1.29, 1.82) is 0 Å². The van der Waals surface area contributed by atoms with Gasteiger partial charge in [-0.15, -0.1) is 0 Å². The molecule has 0 aliphatic carbocycles. The van der Waals surface area contributed by atoms with Gasteiger partial charge in [0.05, 0.1) is 5.30 Å². The molecular weight excluding hydrogens is 501 g/mol. The Morgan fingerprint density at radius 2 is 1.17 bits per heavy atom. The quantitative estimate of drug-likeness (QED) is 0.153. The molecule has 1 nitrogen and oxygen atoms in total. The van der Waals surface area contributed by atoms with Crippen LogP contribution in [0.25, 0.3) is 0 Å². The van der Waals surface area contributed by atoms with E-state index in [1.54, 1.807) is 6.07 Å². The van der Waals surface area contributed by atoms with E-state index in [0.717, 1.165) is 5.56 Å². The molecule has 0 aliphatic heterocycles. The van der Waals surface area contributed by atoms with Gasteiger partial charge in [0, 0.05) is 10.9 Å². The number of benzene rings is 2. The van der Waals surface area contributed by atoms with Crippen LogP contribution in [-0.4, -0.2) is 5.11 Å². The molecule has 10 heteroatoms. The SMILES string of the molecule is CC(C)(C)c1cc(Pc2c(F)c(F)c(F)c(F)c2F)c(O)c(C(C)(C)C)c1.[Cl][Ti][Cl]. The minimum absolute atomic E-state index is 0.135. The first-order chi connectivity index (χ1) is 13.6. The predicted octanol–water partition coefficient (Wildman–Crippen LogP) is 6.69. The van der Waals surface area contributed by atoms with Crippen molar-refractivity contribution in [2.75, 3.05) is 0 Å². The van der Waals surface area contributed by atoms with E-state index in [4.69, 9.17) is 18.6 Å². The molecule has 0 spiro atoms. The van der Waals surface area contributed by atoms with E-state index in [1.807, 2.05) is 47.6 Å². The molecule has 2 aromatic carbocycles. The van der Waals surface area contributed by atoms with Crippen molar-refractivity contribution in [3.63, 3.8) is 0 Å². The first kappa shape index (κ1) is 27.6. The van der Waals surface area contributed by atoms with E-state index in [2.05, 4.69) is 0 Å². The average Bonchev–Trinajstić information content (AvgIpc) is 2.62. The summed E-state index contributed by atoms with van der Waals surface area (Å²) in [5.41, 5.74) is 0.502. The van der Waals surface area contributed by atoms with Crippen molar-refractivity contribution in [2.24, 2.45) is 0 Å². The van der Waals surface area contributed by atoms with Crippen molar-refractivity contribution in [1.82, 2.24) is 0 Å². The van der Waals surface area contributed by atoms with Crippen molar-refractivity contribution in [3.05, 3.63) is 52.3 Å². The minimum atomic E-state index is -2.19. The maximum absolute atomic E-state index is 14.1. The number of phenolic OH excluding ortho intramolecular Hbond substituents is 1. The summed E-state index contributed by atoms with van der Waals surface area (Å²) in [6.07, 6.45) is 0. The van der Waals surface area contributed by atoms with E-state index in [9.17, 15) is 27.1 Å². The van der Waals surface area contributed by atoms with Crippen molar-refractivity contribution < 1.29 is 44.1 Å². The zero-order chi connectivity index (χ0) is 23.6. The molecule has 0 heterocycles. The molecule has 0 amide bonds. The van der Waals surface area contributed by atoms with Gasteiger partial charge in [0.1, 0.15) is 5.75 Å². The standard InChI is InChI=1S/C20H22F5OP.2ClH.Ti/c1-19(2,3)9-7-10(20(4,5)6)17(26)11(8-9)27-18-15(24)13(22)12(21)14(23)16(18)25;;;/h7-8,26-27H,1-6H3;2*1H;/q;;;+2/p-2. The number of hydrogen-bond acceptors (Lipinski definition) is 1. The molecule has 0 radical (unpaired) electrons. The molecule has 0 saturated heterocycles. The summed E-state index contributed by atoms with van der Waals surface area (Å²) in [7, 11) is 8.84. The number of phenols is 1. The second-order valence-corrected chi connectivity index (χ2v) is 12.4. The van der Waals surface area contributed by atoms with Crippen LogP contribution in [0.4, 0.5) is 22.0 Å². The second kappa shape index (κ2) is 10.5. The summed E-state index contributed by atoms with van der Waals surface area (Å²) >= 11 is -0.556. The first-order valence-corrected chi connectivity index (χ1v) is 14.0. The number of hydrogen-bond donors (Lipinski definition) is 1. The van der Waals surface area contributed by atoms with Crippen LogP contribution in [0, 0.1) is 29.1 Å². The van der Waals surface area contributed by atoms with Crippen LogP contribution in [0.3, 0.4) is 0 Å². The van der Waals surface area contributed by atoms with E-state index >= 15 is 0 Å². The van der Waals surface area contributed by atoms with E-state index in [0.29, 0.717) is 5.56 Å². The monoisotopic (exact) mass is 522 g/mol. The Bertz CT molecular complexity index is 898. The molecule has 0 bridgehead atoms. The Balaban J connectivity index is 0.00000141. The molecule has 0 saturated carbocycles. The van der Waals surface area contributed by atoms with Crippen LogP contribution in [0.2, 0.25) is 0 Å². The van der Waals surface area contributed by atoms with Gasteiger partial charge in [-0.3, -0.25) is 0 Å². The molecular formula is C20H22Cl2F5OPTi. The summed E-state index contributed by atoms with van der Waals surface area (Å²) in [6.45, 7) is 11.4. The Kier molecular flexibility index (Phi) is 9.66. The van der Waals surface area contributed by atoms with Gasteiger partial charge in [-0.1, -0.05) is 47.6 Å². The topological polar surface area (TPSA) is 20.2 Å². The van der Waals surface area contributed by atoms with Crippen LogP contribution in [0.1, 0.15) is 52.7 Å². The normalized spacial score (nSPS) is 12.2. The van der Waals surface area contributed by atoms with Gasteiger partial charge in [-0.05, 0) is 31.0 Å². The Labute approximate surface area is 191 Å². The molecule has 1 atom stereocenters. The molecule has 0 aliphatic rings. The molecule has 0 fully saturated rings. The van der Waals surface area contributed by atoms with Crippen LogP contribution >= 0.6 is 27.2 Å². The molecule has 2 rings (SSSR count). The Hall–Kier alpha value is -0.386. The third kappa shape index (κ3) is 6.32. The summed E-state index contributed by atoms with van der Waals surface area (Å²) in [6, 6.07) is 3.36. The van der Waals surface area contributed by atoms with Crippen molar-refractivity contribution in [2.45, 2.75) is 52.4 Å². The third-order valence-corrected chi connectivity index (χ3v) is 5.59. The van der Waals surface area contributed by atoms with Gasteiger partial charge in [-0.25, -0.2) is 22.0 Å². The summed E-state index contributed by atoms with van der Waals surface area (Å²) in [5.74, 6) is -10.1. The van der Waals surface area contributed by atoms with Crippen molar-refractivity contribution >= 4 is 37.8 Å². The molecule has 30 heavy (non-hydrogen) atoms. The van der Waals surface area contributed by atoms with Crippen molar-refractivity contribution in [3.8, 4) is 5.75 Å². The van der Waals surface area contributed by atoms with Crippen LogP contribution < -0.4 is 10.6 Å². The predicted molar refractivity (Wildman–Crippen MR) is 111 cm³/mol. The zero-order valence-corrected chi connectivity index (χ0v) is 21.3. The summed E-state index contributed by atoms with van der Waals surface area (Å²) < 4.78 is 68.5. The third-order valence-electron chi connectivity index (χ3n) is 4.25. The average molecular weight is 523 g/mol. The molecule has 0 aromatic heterocycles. The second-order valence-electron chi connectivity index (χ2n) is 8.56. The number of aromatic hydroxyl groups is 1. The fraction of sp³-hybridized carbons (Fsp3) is 0.400.